The first-order chi connectivity index (χ1) is 9.67. The van der Waals surface area contributed by atoms with E-state index in [4.69, 9.17) is 5.73 Å². The van der Waals surface area contributed by atoms with Gasteiger partial charge in [0, 0.05) is 23.5 Å². The Hall–Kier alpha value is -1.87. The number of aryl methyl sites for hydroxylation is 1. The topological polar surface area (TPSA) is 29.3 Å². The number of benzene rings is 2. The van der Waals surface area contributed by atoms with Crippen molar-refractivity contribution in [2.45, 2.75) is 20.3 Å². The minimum Gasteiger partial charge on any atom is -0.341 e. The molecule has 0 heterocycles. The van der Waals surface area contributed by atoms with E-state index < -0.39 is 0 Å². The van der Waals surface area contributed by atoms with Crippen molar-refractivity contribution >= 4 is 11.4 Å². The fraction of sp³-hybridized carbons (Fsp3) is 0.294. The molecule has 20 heavy (non-hydrogen) atoms. The Kier molecular flexibility index (Phi) is 4.74. The van der Waals surface area contributed by atoms with Crippen LogP contribution in [-0.4, -0.2) is 13.1 Å². The zero-order chi connectivity index (χ0) is 14.5. The summed E-state index contributed by atoms with van der Waals surface area (Å²) < 4.78 is 14.0. The molecule has 0 aliphatic heterocycles. The third-order valence-electron chi connectivity index (χ3n) is 3.41. The van der Waals surface area contributed by atoms with Gasteiger partial charge < -0.3 is 10.6 Å². The van der Waals surface area contributed by atoms with Crippen molar-refractivity contribution in [3.05, 3.63) is 59.4 Å². The highest BCUT2D eigenvalue weighted by Gasteiger charge is 2.14. The lowest BCUT2D eigenvalue weighted by atomic mass is 10.1. The van der Waals surface area contributed by atoms with Crippen molar-refractivity contribution in [3.63, 3.8) is 0 Å². The predicted octanol–water partition coefficient (Wildman–Crippen LogP) is 3.79. The Labute approximate surface area is 120 Å². The van der Waals surface area contributed by atoms with Crippen LogP contribution in [0.2, 0.25) is 0 Å². The van der Waals surface area contributed by atoms with Gasteiger partial charge in [0.05, 0.1) is 0 Å². The summed E-state index contributed by atoms with van der Waals surface area (Å²) in [5.74, 6) is -0.181. The summed E-state index contributed by atoms with van der Waals surface area (Å²) in [6.45, 7) is 5.35. The van der Waals surface area contributed by atoms with Gasteiger partial charge in [-0.25, -0.2) is 4.39 Å². The van der Waals surface area contributed by atoms with E-state index >= 15 is 0 Å². The van der Waals surface area contributed by atoms with E-state index in [0.29, 0.717) is 18.5 Å². The van der Waals surface area contributed by atoms with E-state index in [0.717, 1.165) is 17.9 Å². The lowest BCUT2D eigenvalue weighted by Crippen LogP contribution is -2.19. The second kappa shape index (κ2) is 6.53. The first-order valence-corrected chi connectivity index (χ1v) is 6.99. The van der Waals surface area contributed by atoms with Gasteiger partial charge in [-0.2, -0.15) is 0 Å². The Morgan fingerprint density at radius 1 is 1.15 bits per heavy atom. The van der Waals surface area contributed by atoms with Crippen LogP contribution in [0.3, 0.4) is 0 Å². The van der Waals surface area contributed by atoms with Crippen molar-refractivity contribution in [3.8, 4) is 0 Å². The van der Waals surface area contributed by atoms with E-state index in [-0.39, 0.29) is 5.82 Å². The molecule has 0 aliphatic carbocycles. The third kappa shape index (κ3) is 2.99. The number of nitrogens with zero attached hydrogens (tertiary/aromatic N) is 1. The standard InChI is InChI=1S/C17H21FN2/c1-3-20(14-7-4-6-13(2)12-14)17-9-5-8-16(18)15(17)10-11-19/h4-9,12H,3,10-11,19H2,1-2H3. The van der Waals surface area contributed by atoms with Crippen LogP contribution >= 0.6 is 0 Å². The molecule has 0 spiro atoms. The summed E-state index contributed by atoms with van der Waals surface area (Å²) in [4.78, 5) is 2.13. The molecule has 106 valence electrons. The monoisotopic (exact) mass is 272 g/mol. The van der Waals surface area contributed by atoms with Gasteiger partial charge in [0.1, 0.15) is 5.82 Å². The van der Waals surface area contributed by atoms with Crippen LogP contribution in [0.5, 0.6) is 0 Å². The highest BCUT2D eigenvalue weighted by Crippen LogP contribution is 2.30. The number of hydrogen-bond acceptors (Lipinski definition) is 2. The van der Waals surface area contributed by atoms with Crippen LogP contribution in [-0.2, 0) is 6.42 Å². The van der Waals surface area contributed by atoms with Crippen molar-refractivity contribution < 1.29 is 4.39 Å². The number of anilines is 2. The van der Waals surface area contributed by atoms with Gasteiger partial charge in [-0.15, -0.1) is 0 Å². The second-order valence-electron chi connectivity index (χ2n) is 4.86. The SMILES string of the molecule is CCN(c1cccc(C)c1)c1cccc(F)c1CCN. The number of rotatable bonds is 5. The summed E-state index contributed by atoms with van der Waals surface area (Å²) in [5, 5.41) is 0. The summed E-state index contributed by atoms with van der Waals surface area (Å²) in [5.41, 5.74) is 9.49. The first kappa shape index (κ1) is 14.5. The van der Waals surface area contributed by atoms with Crippen molar-refractivity contribution in [2.24, 2.45) is 5.73 Å². The number of hydrogen-bond donors (Lipinski definition) is 1. The Morgan fingerprint density at radius 3 is 2.55 bits per heavy atom. The lowest BCUT2D eigenvalue weighted by molar-refractivity contribution is 0.609. The molecule has 0 unspecified atom stereocenters. The van der Waals surface area contributed by atoms with E-state index in [1.165, 1.54) is 11.6 Å². The van der Waals surface area contributed by atoms with Gasteiger partial charge in [0.15, 0.2) is 0 Å². The van der Waals surface area contributed by atoms with Crippen LogP contribution < -0.4 is 10.6 Å². The lowest BCUT2D eigenvalue weighted by Gasteiger charge is -2.26. The number of nitrogens with two attached hydrogens (primary N) is 1. The van der Waals surface area contributed by atoms with Gasteiger partial charge in [0.2, 0.25) is 0 Å². The Balaban J connectivity index is 2.49. The summed E-state index contributed by atoms with van der Waals surface area (Å²) in [7, 11) is 0. The van der Waals surface area contributed by atoms with E-state index in [2.05, 4.69) is 30.9 Å². The summed E-state index contributed by atoms with van der Waals surface area (Å²) in [6, 6.07) is 13.5. The number of halogens is 1. The maximum Gasteiger partial charge on any atom is 0.128 e. The highest BCUT2D eigenvalue weighted by atomic mass is 19.1. The second-order valence-corrected chi connectivity index (χ2v) is 4.86. The van der Waals surface area contributed by atoms with Gasteiger partial charge in [-0.3, -0.25) is 0 Å². The van der Waals surface area contributed by atoms with Crippen LogP contribution in [0.15, 0.2) is 42.5 Å². The molecule has 0 amide bonds. The third-order valence-corrected chi connectivity index (χ3v) is 3.41. The van der Waals surface area contributed by atoms with E-state index in [1.54, 1.807) is 6.07 Å². The molecule has 0 bridgehead atoms. The van der Waals surface area contributed by atoms with Crippen molar-refractivity contribution in [1.82, 2.24) is 0 Å². The highest BCUT2D eigenvalue weighted by molar-refractivity contribution is 5.67. The molecular formula is C17H21FN2. The molecule has 0 atom stereocenters. The zero-order valence-corrected chi connectivity index (χ0v) is 12.1. The molecule has 2 nitrogen and oxygen atoms in total. The summed E-state index contributed by atoms with van der Waals surface area (Å²) >= 11 is 0. The minimum absolute atomic E-state index is 0.181. The van der Waals surface area contributed by atoms with Crippen LogP contribution in [0.1, 0.15) is 18.1 Å². The van der Waals surface area contributed by atoms with Gasteiger partial charge >= 0.3 is 0 Å². The molecule has 0 fully saturated rings. The minimum atomic E-state index is -0.181. The predicted molar refractivity (Wildman–Crippen MR) is 83.0 cm³/mol. The quantitative estimate of drug-likeness (QED) is 0.897. The maximum atomic E-state index is 14.0. The first-order valence-electron chi connectivity index (χ1n) is 6.99. The molecule has 2 rings (SSSR count). The normalized spacial score (nSPS) is 10.6. The molecule has 0 aromatic heterocycles. The van der Waals surface area contributed by atoms with Crippen LogP contribution in [0.4, 0.5) is 15.8 Å². The molecule has 0 saturated heterocycles. The van der Waals surface area contributed by atoms with Crippen LogP contribution in [0, 0.1) is 12.7 Å². The Morgan fingerprint density at radius 2 is 1.90 bits per heavy atom. The molecule has 0 aliphatic rings. The van der Waals surface area contributed by atoms with Crippen molar-refractivity contribution in [2.75, 3.05) is 18.0 Å². The van der Waals surface area contributed by atoms with E-state index in [9.17, 15) is 4.39 Å². The molecule has 2 N–H and O–H groups in total. The molecule has 2 aromatic carbocycles. The van der Waals surface area contributed by atoms with Crippen LogP contribution in [0.25, 0.3) is 0 Å². The zero-order valence-electron chi connectivity index (χ0n) is 12.1. The molecular weight excluding hydrogens is 251 g/mol. The Bertz CT molecular complexity index is 581. The fourth-order valence-corrected chi connectivity index (χ4v) is 2.48. The maximum absolute atomic E-state index is 14.0. The average Bonchev–Trinajstić information content (AvgIpc) is 2.43. The molecule has 0 saturated carbocycles. The average molecular weight is 272 g/mol. The fourth-order valence-electron chi connectivity index (χ4n) is 2.48. The molecule has 2 aromatic rings. The molecule has 0 radical (unpaired) electrons. The smallest absolute Gasteiger partial charge is 0.128 e. The molecule has 3 heteroatoms. The van der Waals surface area contributed by atoms with Gasteiger partial charge in [-0.1, -0.05) is 18.2 Å². The largest absolute Gasteiger partial charge is 0.341 e. The van der Waals surface area contributed by atoms with Gasteiger partial charge in [0.25, 0.3) is 0 Å². The summed E-state index contributed by atoms with van der Waals surface area (Å²) in [6.07, 6.45) is 0.546. The van der Waals surface area contributed by atoms with Gasteiger partial charge in [-0.05, 0) is 56.6 Å². The van der Waals surface area contributed by atoms with E-state index in [1.807, 2.05) is 18.2 Å². The van der Waals surface area contributed by atoms with Crippen molar-refractivity contribution in [1.29, 1.82) is 0 Å².